The van der Waals surface area contributed by atoms with E-state index in [0.29, 0.717) is 13.2 Å². The summed E-state index contributed by atoms with van der Waals surface area (Å²) in [5.74, 6) is 0.786. The number of ether oxygens (including phenoxy) is 6. The second-order valence-electron chi connectivity index (χ2n) is 6.47. The topological polar surface area (TPSA) is 75.6 Å². The molecule has 1 aliphatic rings. The van der Waals surface area contributed by atoms with Crippen molar-refractivity contribution in [3.8, 4) is 5.75 Å². The lowest BCUT2D eigenvalue weighted by atomic mass is 9.98. The normalized spacial score (nSPS) is 28.3. The minimum Gasteiger partial charge on any atom is -0.497 e. The molecule has 0 amide bonds. The molecule has 7 heteroatoms. The van der Waals surface area contributed by atoms with Crippen molar-refractivity contribution in [3.63, 3.8) is 0 Å². The van der Waals surface area contributed by atoms with Crippen LogP contribution in [0.5, 0.6) is 5.75 Å². The standard InChI is InChI=1S/C20H32O7/c1-5-6-11-25-20-19(24-4)18(23-3)17(16(12-21)27-20)26-13-14-7-9-15(22-2)10-8-14/h7-10,16-21H,5-6,11-13H2,1-4H3. The third-order valence-electron chi connectivity index (χ3n) is 4.70. The number of hydrogen-bond donors (Lipinski definition) is 1. The molecule has 1 heterocycles. The van der Waals surface area contributed by atoms with Crippen LogP contribution in [0, 0.1) is 0 Å². The molecule has 5 unspecified atom stereocenters. The average Bonchev–Trinajstić information content (AvgIpc) is 2.72. The Morgan fingerprint density at radius 2 is 1.67 bits per heavy atom. The van der Waals surface area contributed by atoms with E-state index in [2.05, 4.69) is 6.92 Å². The van der Waals surface area contributed by atoms with E-state index in [1.807, 2.05) is 24.3 Å². The summed E-state index contributed by atoms with van der Waals surface area (Å²) in [6, 6.07) is 7.62. The Bertz CT molecular complexity index is 522. The minimum absolute atomic E-state index is 0.197. The summed E-state index contributed by atoms with van der Waals surface area (Å²) in [4.78, 5) is 0. The highest BCUT2D eigenvalue weighted by molar-refractivity contribution is 5.26. The first-order chi connectivity index (χ1) is 13.2. The fraction of sp³-hybridized carbons (Fsp3) is 0.700. The molecule has 5 atom stereocenters. The highest BCUT2D eigenvalue weighted by Crippen LogP contribution is 2.29. The molecule has 154 valence electrons. The first kappa shape index (κ1) is 22.1. The van der Waals surface area contributed by atoms with Gasteiger partial charge in [-0.25, -0.2) is 0 Å². The van der Waals surface area contributed by atoms with Crippen LogP contribution in [0.25, 0.3) is 0 Å². The molecule has 0 radical (unpaired) electrons. The smallest absolute Gasteiger partial charge is 0.186 e. The van der Waals surface area contributed by atoms with Gasteiger partial charge in [0.05, 0.1) is 20.3 Å². The van der Waals surface area contributed by atoms with E-state index in [0.717, 1.165) is 24.2 Å². The van der Waals surface area contributed by atoms with Crippen LogP contribution in [0.3, 0.4) is 0 Å². The Morgan fingerprint density at radius 3 is 2.22 bits per heavy atom. The van der Waals surface area contributed by atoms with Crippen molar-refractivity contribution in [1.29, 1.82) is 0 Å². The van der Waals surface area contributed by atoms with Crippen LogP contribution in [-0.4, -0.2) is 70.4 Å². The van der Waals surface area contributed by atoms with Gasteiger partial charge in [-0.2, -0.15) is 0 Å². The average molecular weight is 384 g/mol. The van der Waals surface area contributed by atoms with Gasteiger partial charge < -0.3 is 33.5 Å². The Morgan fingerprint density at radius 1 is 0.963 bits per heavy atom. The molecule has 1 aromatic carbocycles. The molecular formula is C20H32O7. The molecule has 0 bridgehead atoms. The van der Waals surface area contributed by atoms with Gasteiger partial charge in [-0.15, -0.1) is 0 Å². The van der Waals surface area contributed by atoms with Crippen LogP contribution < -0.4 is 4.74 Å². The molecular weight excluding hydrogens is 352 g/mol. The van der Waals surface area contributed by atoms with Gasteiger partial charge in [0.2, 0.25) is 0 Å². The predicted molar refractivity (Wildman–Crippen MR) is 99.8 cm³/mol. The first-order valence-electron chi connectivity index (χ1n) is 9.36. The zero-order valence-electron chi connectivity index (χ0n) is 16.6. The summed E-state index contributed by atoms with van der Waals surface area (Å²) in [6.07, 6.45) is -0.584. The molecule has 0 saturated carbocycles. The number of aliphatic hydroxyl groups excluding tert-OH is 1. The van der Waals surface area contributed by atoms with Crippen LogP contribution in [0.4, 0.5) is 0 Å². The van der Waals surface area contributed by atoms with E-state index < -0.39 is 30.7 Å². The molecule has 0 aromatic heterocycles. The molecule has 1 aromatic rings. The van der Waals surface area contributed by atoms with Gasteiger partial charge in [-0.1, -0.05) is 25.5 Å². The lowest BCUT2D eigenvalue weighted by molar-refractivity contribution is -0.316. The molecule has 27 heavy (non-hydrogen) atoms. The number of hydrogen-bond acceptors (Lipinski definition) is 7. The van der Waals surface area contributed by atoms with E-state index in [-0.39, 0.29) is 6.61 Å². The Hall–Kier alpha value is -1.22. The van der Waals surface area contributed by atoms with E-state index in [1.165, 1.54) is 0 Å². The summed E-state index contributed by atoms with van der Waals surface area (Å²) in [5, 5.41) is 9.82. The summed E-state index contributed by atoms with van der Waals surface area (Å²) >= 11 is 0. The van der Waals surface area contributed by atoms with Gasteiger partial charge in [0.15, 0.2) is 6.29 Å². The van der Waals surface area contributed by atoms with E-state index in [1.54, 1.807) is 21.3 Å². The van der Waals surface area contributed by atoms with Gasteiger partial charge in [-0.05, 0) is 24.1 Å². The van der Waals surface area contributed by atoms with Crippen LogP contribution in [0.2, 0.25) is 0 Å². The quantitative estimate of drug-likeness (QED) is 0.586. The van der Waals surface area contributed by atoms with E-state index >= 15 is 0 Å². The maximum absolute atomic E-state index is 9.82. The maximum atomic E-state index is 9.82. The number of rotatable bonds is 11. The van der Waals surface area contributed by atoms with E-state index in [4.69, 9.17) is 28.4 Å². The predicted octanol–water partition coefficient (Wildman–Crippen LogP) is 2.14. The Kier molecular flexibility index (Phi) is 9.47. The minimum atomic E-state index is -0.607. The van der Waals surface area contributed by atoms with Crippen LogP contribution in [-0.2, 0) is 30.3 Å². The van der Waals surface area contributed by atoms with E-state index in [9.17, 15) is 5.11 Å². The molecule has 1 saturated heterocycles. The number of methoxy groups -OCH3 is 3. The summed E-state index contributed by atoms with van der Waals surface area (Å²) in [6.45, 7) is 2.81. The summed E-state index contributed by atoms with van der Waals surface area (Å²) in [5.41, 5.74) is 0.984. The second-order valence-corrected chi connectivity index (χ2v) is 6.47. The molecule has 0 spiro atoms. The molecule has 1 fully saturated rings. The maximum Gasteiger partial charge on any atom is 0.186 e. The van der Waals surface area contributed by atoms with Crippen molar-refractivity contribution in [2.24, 2.45) is 0 Å². The van der Waals surface area contributed by atoms with Gasteiger partial charge in [0, 0.05) is 20.8 Å². The molecule has 1 N–H and O–H groups in total. The Balaban J connectivity index is 2.05. The highest BCUT2D eigenvalue weighted by Gasteiger charge is 2.47. The van der Waals surface area contributed by atoms with Crippen molar-refractivity contribution in [3.05, 3.63) is 29.8 Å². The monoisotopic (exact) mass is 384 g/mol. The second kappa shape index (κ2) is 11.6. The number of unbranched alkanes of at least 4 members (excludes halogenated alkanes) is 1. The van der Waals surface area contributed by atoms with Crippen LogP contribution in [0.1, 0.15) is 25.3 Å². The Labute approximate surface area is 161 Å². The van der Waals surface area contributed by atoms with Crippen molar-refractivity contribution in [2.75, 3.05) is 34.5 Å². The van der Waals surface area contributed by atoms with Crippen molar-refractivity contribution in [2.45, 2.75) is 57.1 Å². The number of benzene rings is 1. The highest BCUT2D eigenvalue weighted by atomic mass is 16.7. The summed E-state index contributed by atoms with van der Waals surface area (Å²) in [7, 11) is 4.82. The fourth-order valence-electron chi connectivity index (χ4n) is 3.14. The van der Waals surface area contributed by atoms with Crippen LogP contribution >= 0.6 is 0 Å². The molecule has 2 rings (SSSR count). The van der Waals surface area contributed by atoms with Gasteiger partial charge >= 0.3 is 0 Å². The zero-order chi connectivity index (χ0) is 19.6. The van der Waals surface area contributed by atoms with Crippen molar-refractivity contribution in [1.82, 2.24) is 0 Å². The number of aliphatic hydroxyl groups is 1. The fourth-order valence-corrected chi connectivity index (χ4v) is 3.14. The van der Waals surface area contributed by atoms with Gasteiger partial charge in [0.25, 0.3) is 0 Å². The third kappa shape index (κ3) is 5.88. The van der Waals surface area contributed by atoms with Gasteiger partial charge in [0.1, 0.15) is 30.2 Å². The van der Waals surface area contributed by atoms with Crippen molar-refractivity contribution >= 4 is 0 Å². The summed E-state index contributed by atoms with van der Waals surface area (Å²) < 4.78 is 34.2. The molecule has 1 aliphatic heterocycles. The van der Waals surface area contributed by atoms with Gasteiger partial charge in [-0.3, -0.25) is 0 Å². The largest absolute Gasteiger partial charge is 0.497 e. The molecule has 7 nitrogen and oxygen atoms in total. The molecule has 0 aliphatic carbocycles. The first-order valence-corrected chi connectivity index (χ1v) is 9.36. The van der Waals surface area contributed by atoms with Crippen LogP contribution in [0.15, 0.2) is 24.3 Å². The van der Waals surface area contributed by atoms with Crippen molar-refractivity contribution < 1.29 is 33.5 Å². The zero-order valence-corrected chi connectivity index (χ0v) is 16.6. The lowest BCUT2D eigenvalue weighted by Gasteiger charge is -2.44. The SMILES string of the molecule is CCCCOC1OC(CO)C(OCc2ccc(OC)cc2)C(OC)C1OC. The lowest BCUT2D eigenvalue weighted by Crippen LogP contribution is -2.61. The third-order valence-corrected chi connectivity index (χ3v) is 4.70.